The van der Waals surface area contributed by atoms with Crippen LogP contribution in [0.1, 0.15) is 61.8 Å². The molecule has 0 aliphatic heterocycles. The predicted molar refractivity (Wildman–Crippen MR) is 82.3 cm³/mol. The maximum atomic E-state index is 11.9. The molecule has 3 saturated carbocycles. The average molecular weight is 284 g/mol. The SMILES string of the molecule is C.C.C.CCC(C)C(=O)OC1C2CC3C(=O)CC1C3C2. The van der Waals surface area contributed by atoms with Crippen molar-refractivity contribution in [1.82, 2.24) is 0 Å². The predicted octanol–water partition coefficient (Wildman–Crippen LogP) is 4.10. The van der Waals surface area contributed by atoms with Crippen LogP contribution in [0.2, 0.25) is 0 Å². The minimum absolute atomic E-state index is 0. The molecule has 0 aromatic rings. The van der Waals surface area contributed by atoms with E-state index in [0.29, 0.717) is 35.9 Å². The summed E-state index contributed by atoms with van der Waals surface area (Å²) in [5.74, 6) is 1.99. The Morgan fingerprint density at radius 3 is 2.50 bits per heavy atom. The maximum absolute atomic E-state index is 11.9. The van der Waals surface area contributed by atoms with E-state index in [1.54, 1.807) is 0 Å². The number of rotatable bonds is 3. The lowest BCUT2D eigenvalue weighted by molar-refractivity contribution is -0.158. The second-order valence-electron chi connectivity index (χ2n) is 6.05. The number of Topliss-reactive ketones (excluding diaryl/α,β-unsaturated/α-hetero) is 1. The molecule has 3 fully saturated rings. The van der Waals surface area contributed by atoms with Gasteiger partial charge in [-0.15, -0.1) is 0 Å². The first-order valence-electron chi connectivity index (χ1n) is 6.85. The Kier molecular flexibility index (Phi) is 6.44. The lowest BCUT2D eigenvalue weighted by atomic mass is 9.86. The third-order valence-electron chi connectivity index (χ3n) is 5.20. The molecule has 118 valence electrons. The topological polar surface area (TPSA) is 43.4 Å². The Labute approximate surface area is 124 Å². The highest BCUT2D eigenvalue weighted by molar-refractivity contribution is 5.85. The van der Waals surface area contributed by atoms with Gasteiger partial charge in [-0.3, -0.25) is 9.59 Å². The van der Waals surface area contributed by atoms with E-state index in [9.17, 15) is 9.59 Å². The third kappa shape index (κ3) is 2.64. The summed E-state index contributed by atoms with van der Waals surface area (Å²) in [5, 5.41) is 0. The fourth-order valence-electron chi connectivity index (χ4n) is 4.07. The number of fused-ring (bicyclic) bond motifs is 1. The first kappa shape index (κ1) is 19.1. The smallest absolute Gasteiger partial charge is 0.308 e. The Balaban J connectivity index is 0.00000120. The van der Waals surface area contributed by atoms with Crippen LogP contribution in [0.3, 0.4) is 0 Å². The van der Waals surface area contributed by atoms with Gasteiger partial charge in [-0.05, 0) is 31.1 Å². The van der Waals surface area contributed by atoms with Gasteiger partial charge in [0.15, 0.2) is 0 Å². The summed E-state index contributed by atoms with van der Waals surface area (Å²) in [6.45, 7) is 3.92. The summed E-state index contributed by atoms with van der Waals surface area (Å²) in [7, 11) is 0. The van der Waals surface area contributed by atoms with Gasteiger partial charge < -0.3 is 4.74 Å². The van der Waals surface area contributed by atoms with Gasteiger partial charge in [0.1, 0.15) is 11.9 Å². The Bertz CT molecular complexity index is 363. The number of esters is 1. The first-order chi connectivity index (χ1) is 8.11. The summed E-state index contributed by atoms with van der Waals surface area (Å²) >= 11 is 0. The van der Waals surface area contributed by atoms with Gasteiger partial charge >= 0.3 is 5.97 Å². The molecule has 3 aliphatic carbocycles. The van der Waals surface area contributed by atoms with Crippen molar-refractivity contribution >= 4 is 11.8 Å². The number of carbonyl (C=O) groups excluding carboxylic acids is 2. The lowest BCUT2D eigenvalue weighted by Crippen LogP contribution is -2.33. The Morgan fingerprint density at radius 2 is 1.90 bits per heavy atom. The molecule has 0 saturated heterocycles. The van der Waals surface area contributed by atoms with Crippen LogP contribution >= 0.6 is 0 Å². The van der Waals surface area contributed by atoms with Crippen molar-refractivity contribution in [3.8, 4) is 0 Å². The molecule has 3 nitrogen and oxygen atoms in total. The normalized spacial score (nSPS) is 37.5. The number of ketones is 1. The van der Waals surface area contributed by atoms with E-state index in [-0.39, 0.29) is 40.3 Å². The zero-order valence-corrected chi connectivity index (χ0v) is 10.5. The second kappa shape index (κ2) is 6.73. The summed E-state index contributed by atoms with van der Waals surface area (Å²) in [4.78, 5) is 23.6. The van der Waals surface area contributed by atoms with Crippen molar-refractivity contribution in [2.45, 2.75) is 67.9 Å². The molecular weight excluding hydrogens is 252 g/mol. The minimum atomic E-state index is -0.0686. The molecule has 0 heterocycles. The lowest BCUT2D eigenvalue weighted by Gasteiger charge is -2.28. The number of hydrogen-bond acceptors (Lipinski definition) is 3. The van der Waals surface area contributed by atoms with Gasteiger partial charge in [-0.25, -0.2) is 0 Å². The van der Waals surface area contributed by atoms with E-state index in [1.165, 1.54) is 0 Å². The highest BCUT2D eigenvalue weighted by Crippen LogP contribution is 2.59. The van der Waals surface area contributed by atoms with Gasteiger partial charge in [0.05, 0.1) is 5.92 Å². The molecule has 0 aromatic carbocycles. The van der Waals surface area contributed by atoms with Crippen molar-refractivity contribution in [2.75, 3.05) is 0 Å². The molecule has 0 spiro atoms. The Morgan fingerprint density at radius 1 is 1.25 bits per heavy atom. The summed E-state index contributed by atoms with van der Waals surface area (Å²) in [5.41, 5.74) is 0. The largest absolute Gasteiger partial charge is 0.462 e. The highest BCUT2D eigenvalue weighted by atomic mass is 16.5. The zero-order valence-electron chi connectivity index (χ0n) is 10.5. The second-order valence-corrected chi connectivity index (χ2v) is 6.05. The molecule has 3 aliphatic rings. The van der Waals surface area contributed by atoms with Crippen LogP contribution in [0.4, 0.5) is 0 Å². The molecule has 20 heavy (non-hydrogen) atoms. The van der Waals surface area contributed by atoms with Gasteiger partial charge in [0.2, 0.25) is 0 Å². The molecule has 3 heteroatoms. The monoisotopic (exact) mass is 284 g/mol. The number of ether oxygens (including phenoxy) is 1. The molecule has 6 atom stereocenters. The third-order valence-corrected chi connectivity index (χ3v) is 5.20. The quantitative estimate of drug-likeness (QED) is 0.733. The summed E-state index contributed by atoms with van der Waals surface area (Å²) < 4.78 is 5.69. The molecule has 2 bridgehead atoms. The Hall–Kier alpha value is -0.860. The maximum Gasteiger partial charge on any atom is 0.308 e. The molecule has 0 radical (unpaired) electrons. The van der Waals surface area contributed by atoms with Crippen LogP contribution in [0.5, 0.6) is 0 Å². The number of hydrogen-bond donors (Lipinski definition) is 0. The summed E-state index contributed by atoms with van der Waals surface area (Å²) in [6.07, 6.45) is 3.61. The zero-order chi connectivity index (χ0) is 12.2. The molecule has 6 unspecified atom stereocenters. The van der Waals surface area contributed by atoms with Crippen molar-refractivity contribution in [2.24, 2.45) is 29.6 Å². The van der Waals surface area contributed by atoms with Gasteiger partial charge in [0, 0.05) is 18.3 Å². The fourth-order valence-corrected chi connectivity index (χ4v) is 4.07. The van der Waals surface area contributed by atoms with E-state index in [2.05, 4.69) is 0 Å². The molecule has 0 N–H and O–H groups in total. The van der Waals surface area contributed by atoms with E-state index in [0.717, 1.165) is 19.3 Å². The minimum Gasteiger partial charge on any atom is -0.462 e. The van der Waals surface area contributed by atoms with Crippen LogP contribution in [0, 0.1) is 29.6 Å². The molecular formula is C17H32O3. The van der Waals surface area contributed by atoms with Crippen LogP contribution < -0.4 is 0 Å². The van der Waals surface area contributed by atoms with Crippen LogP contribution in [-0.2, 0) is 14.3 Å². The van der Waals surface area contributed by atoms with Crippen molar-refractivity contribution in [3.05, 3.63) is 0 Å². The van der Waals surface area contributed by atoms with Crippen molar-refractivity contribution in [1.29, 1.82) is 0 Å². The molecule has 0 amide bonds. The highest BCUT2D eigenvalue weighted by Gasteiger charge is 2.60. The van der Waals surface area contributed by atoms with Crippen LogP contribution in [0.15, 0.2) is 0 Å². The average Bonchev–Trinajstić information content (AvgIpc) is 2.92. The fraction of sp³-hybridized carbons (Fsp3) is 0.882. The molecule has 0 aromatic heterocycles. The van der Waals surface area contributed by atoms with Gasteiger partial charge in [0.25, 0.3) is 0 Å². The van der Waals surface area contributed by atoms with Crippen LogP contribution in [0.25, 0.3) is 0 Å². The first-order valence-corrected chi connectivity index (χ1v) is 6.85. The van der Waals surface area contributed by atoms with E-state index >= 15 is 0 Å². The van der Waals surface area contributed by atoms with Crippen LogP contribution in [-0.4, -0.2) is 17.9 Å². The van der Waals surface area contributed by atoms with Crippen molar-refractivity contribution < 1.29 is 14.3 Å². The van der Waals surface area contributed by atoms with E-state index < -0.39 is 0 Å². The summed E-state index contributed by atoms with van der Waals surface area (Å²) in [6, 6.07) is 0. The standard InChI is InChI=1S/C14H20O3.3CH4/c1-3-7(2)14(16)17-13-8-4-9-10(5-8)12(15)6-11(9)13;;;/h7-11,13H,3-6H2,1-2H3;3*1H4. The van der Waals surface area contributed by atoms with Crippen molar-refractivity contribution in [3.63, 3.8) is 0 Å². The van der Waals surface area contributed by atoms with E-state index in [4.69, 9.17) is 4.74 Å². The van der Waals surface area contributed by atoms with Gasteiger partial charge in [-0.2, -0.15) is 0 Å². The van der Waals surface area contributed by atoms with E-state index in [1.807, 2.05) is 13.8 Å². The van der Waals surface area contributed by atoms with Gasteiger partial charge in [-0.1, -0.05) is 36.1 Å². The number of carbonyl (C=O) groups is 2. The molecule has 3 rings (SSSR count).